The van der Waals surface area contributed by atoms with E-state index in [2.05, 4.69) is 0 Å². The molecule has 0 aliphatic heterocycles. The highest BCUT2D eigenvalue weighted by Gasteiger charge is 2.16. The summed E-state index contributed by atoms with van der Waals surface area (Å²) in [7, 11) is 0. The Balaban J connectivity index is 1.82. The summed E-state index contributed by atoms with van der Waals surface area (Å²) in [6.07, 6.45) is 0. The zero-order valence-electron chi connectivity index (χ0n) is 17.7. The van der Waals surface area contributed by atoms with E-state index in [-0.39, 0.29) is 11.3 Å². The van der Waals surface area contributed by atoms with Gasteiger partial charge in [-0.2, -0.15) is 0 Å². The number of halogens is 1. The minimum absolute atomic E-state index is 0.0148. The number of fused-ring (bicyclic) bond motifs is 1. The molecule has 0 spiro atoms. The Hall–Kier alpha value is -3.09. The molecule has 0 aliphatic rings. The lowest BCUT2D eigenvalue weighted by Gasteiger charge is -2.15. The van der Waals surface area contributed by atoms with Gasteiger partial charge in [-0.1, -0.05) is 41.6 Å². The second-order valence-electron chi connectivity index (χ2n) is 7.13. The summed E-state index contributed by atoms with van der Waals surface area (Å²) in [5.74, 6) is 1.17. The topological polar surface area (TPSA) is 61.2 Å². The standard InChI is InChI=1S/C25H21ClN2O3S/c1-3-31-23-12-9-17(16(2)29)13-18(23)15-32-25-27-22-14-19(26)10-11-21(22)24(30)28(25)20-7-5-4-6-8-20/h4-14H,3,15H2,1-2H3. The van der Waals surface area contributed by atoms with Crippen molar-refractivity contribution in [2.75, 3.05) is 6.61 Å². The van der Waals surface area contributed by atoms with E-state index in [1.807, 2.05) is 49.4 Å². The van der Waals surface area contributed by atoms with Crippen molar-refractivity contribution in [3.05, 3.63) is 93.2 Å². The van der Waals surface area contributed by atoms with Crippen molar-refractivity contribution in [2.24, 2.45) is 0 Å². The van der Waals surface area contributed by atoms with Gasteiger partial charge in [-0.15, -0.1) is 0 Å². The van der Waals surface area contributed by atoms with Crippen molar-refractivity contribution in [1.82, 2.24) is 9.55 Å². The predicted octanol–water partition coefficient (Wildman–Crippen LogP) is 5.93. The van der Waals surface area contributed by atoms with E-state index < -0.39 is 0 Å². The van der Waals surface area contributed by atoms with Crippen LogP contribution in [0.25, 0.3) is 16.6 Å². The van der Waals surface area contributed by atoms with Crippen molar-refractivity contribution >= 4 is 40.0 Å². The zero-order chi connectivity index (χ0) is 22.7. The van der Waals surface area contributed by atoms with Gasteiger partial charge in [0.15, 0.2) is 10.9 Å². The lowest BCUT2D eigenvalue weighted by atomic mass is 10.1. The zero-order valence-corrected chi connectivity index (χ0v) is 19.2. The lowest BCUT2D eigenvalue weighted by Crippen LogP contribution is -2.21. The number of carbonyl (C=O) groups is 1. The van der Waals surface area contributed by atoms with Gasteiger partial charge in [-0.3, -0.25) is 14.2 Å². The number of rotatable bonds is 7. The number of nitrogens with zero attached hydrogens (tertiary/aromatic N) is 2. The number of para-hydroxylation sites is 1. The van der Waals surface area contributed by atoms with Crippen LogP contribution >= 0.6 is 23.4 Å². The fraction of sp³-hybridized carbons (Fsp3) is 0.160. The highest BCUT2D eigenvalue weighted by Crippen LogP contribution is 2.30. The molecule has 0 atom stereocenters. The molecular weight excluding hydrogens is 444 g/mol. The molecule has 5 nitrogen and oxygen atoms in total. The maximum atomic E-state index is 13.4. The van der Waals surface area contributed by atoms with Gasteiger partial charge >= 0.3 is 0 Å². The van der Waals surface area contributed by atoms with Crippen LogP contribution in [0.3, 0.4) is 0 Å². The molecule has 0 saturated heterocycles. The van der Waals surface area contributed by atoms with Crippen molar-refractivity contribution in [2.45, 2.75) is 24.8 Å². The minimum atomic E-state index is -0.164. The molecule has 7 heteroatoms. The molecule has 1 heterocycles. The summed E-state index contributed by atoms with van der Waals surface area (Å²) in [6, 6.07) is 19.9. The number of thioether (sulfide) groups is 1. The summed E-state index contributed by atoms with van der Waals surface area (Å²) in [5, 5.41) is 1.55. The van der Waals surface area contributed by atoms with Gasteiger partial charge in [0.05, 0.1) is 23.2 Å². The average molecular weight is 465 g/mol. The summed E-state index contributed by atoms with van der Waals surface area (Å²) in [4.78, 5) is 30.0. The van der Waals surface area contributed by atoms with Crippen LogP contribution in [0.5, 0.6) is 5.75 Å². The van der Waals surface area contributed by atoms with Crippen molar-refractivity contribution < 1.29 is 9.53 Å². The van der Waals surface area contributed by atoms with Crippen molar-refractivity contribution in [3.8, 4) is 11.4 Å². The van der Waals surface area contributed by atoms with Crippen LogP contribution in [0.1, 0.15) is 29.8 Å². The smallest absolute Gasteiger partial charge is 0.266 e. The monoisotopic (exact) mass is 464 g/mol. The highest BCUT2D eigenvalue weighted by molar-refractivity contribution is 7.98. The maximum Gasteiger partial charge on any atom is 0.266 e. The van der Waals surface area contributed by atoms with Crippen LogP contribution in [0, 0.1) is 0 Å². The van der Waals surface area contributed by atoms with Gasteiger partial charge in [-0.05, 0) is 62.4 Å². The summed E-state index contributed by atoms with van der Waals surface area (Å²) in [5.41, 5.74) is 2.59. The molecule has 0 fully saturated rings. The lowest BCUT2D eigenvalue weighted by molar-refractivity contribution is 0.101. The molecule has 4 rings (SSSR count). The highest BCUT2D eigenvalue weighted by atomic mass is 35.5. The first kappa shape index (κ1) is 22.1. The van der Waals surface area contributed by atoms with Gasteiger partial charge in [0.1, 0.15) is 5.75 Å². The van der Waals surface area contributed by atoms with Crippen molar-refractivity contribution in [1.29, 1.82) is 0 Å². The minimum Gasteiger partial charge on any atom is -0.494 e. The molecule has 0 N–H and O–H groups in total. The molecule has 4 aromatic rings. The fourth-order valence-corrected chi connectivity index (χ4v) is 4.55. The Morgan fingerprint density at radius 2 is 1.88 bits per heavy atom. The van der Waals surface area contributed by atoms with Gasteiger partial charge < -0.3 is 4.74 Å². The third-order valence-corrected chi connectivity index (χ3v) is 6.16. The van der Waals surface area contributed by atoms with Crippen LogP contribution < -0.4 is 10.3 Å². The molecule has 0 unspecified atom stereocenters. The van der Waals surface area contributed by atoms with E-state index in [1.165, 1.54) is 18.7 Å². The van der Waals surface area contributed by atoms with E-state index in [4.69, 9.17) is 21.3 Å². The number of carbonyl (C=O) groups excluding carboxylic acids is 1. The molecule has 0 saturated carbocycles. The Bertz CT molecular complexity index is 1350. The number of benzene rings is 3. The molecule has 162 valence electrons. The maximum absolute atomic E-state index is 13.4. The largest absolute Gasteiger partial charge is 0.494 e. The Kier molecular flexibility index (Phi) is 6.63. The predicted molar refractivity (Wildman–Crippen MR) is 130 cm³/mol. The van der Waals surface area contributed by atoms with E-state index >= 15 is 0 Å². The van der Waals surface area contributed by atoms with Gasteiger partial charge in [0, 0.05) is 21.9 Å². The van der Waals surface area contributed by atoms with Crippen LogP contribution in [0.15, 0.2) is 76.7 Å². The third-order valence-electron chi connectivity index (χ3n) is 4.94. The van der Waals surface area contributed by atoms with Crippen molar-refractivity contribution in [3.63, 3.8) is 0 Å². The first-order valence-corrected chi connectivity index (χ1v) is 11.5. The van der Waals surface area contributed by atoms with E-state index in [9.17, 15) is 9.59 Å². The van der Waals surface area contributed by atoms with Gasteiger partial charge in [-0.25, -0.2) is 4.98 Å². The van der Waals surface area contributed by atoms with Crippen LogP contribution in [-0.4, -0.2) is 21.9 Å². The first-order chi connectivity index (χ1) is 15.5. The van der Waals surface area contributed by atoms with Crippen LogP contribution in [0.4, 0.5) is 0 Å². The molecule has 0 bridgehead atoms. The third kappa shape index (κ3) is 4.56. The Labute approximate surface area is 195 Å². The van der Waals surface area contributed by atoms with E-state index in [1.54, 1.807) is 28.8 Å². The normalized spacial score (nSPS) is 11.0. The van der Waals surface area contributed by atoms with E-state index in [0.717, 1.165) is 11.3 Å². The van der Waals surface area contributed by atoms with Crippen LogP contribution in [0.2, 0.25) is 5.02 Å². The number of hydrogen-bond donors (Lipinski definition) is 0. The fourth-order valence-electron chi connectivity index (χ4n) is 3.39. The summed E-state index contributed by atoms with van der Waals surface area (Å²) in [6.45, 7) is 3.96. The Morgan fingerprint density at radius 1 is 1.09 bits per heavy atom. The van der Waals surface area contributed by atoms with Gasteiger partial charge in [0.2, 0.25) is 0 Å². The quantitative estimate of drug-likeness (QED) is 0.192. The molecule has 32 heavy (non-hydrogen) atoms. The molecule has 0 aliphatic carbocycles. The average Bonchev–Trinajstić information content (AvgIpc) is 2.79. The summed E-state index contributed by atoms with van der Waals surface area (Å²) >= 11 is 7.56. The van der Waals surface area contributed by atoms with Gasteiger partial charge in [0.25, 0.3) is 5.56 Å². The number of aromatic nitrogens is 2. The first-order valence-electron chi connectivity index (χ1n) is 10.1. The number of Topliss-reactive ketones (excluding diaryl/α,β-unsaturated/α-hetero) is 1. The molecule has 1 aromatic heterocycles. The second-order valence-corrected chi connectivity index (χ2v) is 8.51. The molecule has 0 radical (unpaired) electrons. The molecular formula is C25H21ClN2O3S. The van der Waals surface area contributed by atoms with Crippen LogP contribution in [-0.2, 0) is 5.75 Å². The second kappa shape index (κ2) is 9.59. The summed E-state index contributed by atoms with van der Waals surface area (Å²) < 4.78 is 7.36. The molecule has 0 amide bonds. The SMILES string of the molecule is CCOc1ccc(C(C)=O)cc1CSc1nc2cc(Cl)ccc2c(=O)n1-c1ccccc1. The molecule has 3 aromatic carbocycles. The number of ketones is 1. The number of ether oxygens (including phenoxy) is 1. The number of hydrogen-bond acceptors (Lipinski definition) is 5. The van der Waals surface area contributed by atoms with E-state index in [0.29, 0.717) is 44.8 Å². The Morgan fingerprint density at radius 3 is 2.59 bits per heavy atom.